The molecular formula is C19H17ClIN3O. The van der Waals surface area contributed by atoms with Crippen LogP contribution in [0, 0.1) is 9.62 Å². The highest BCUT2D eigenvalue weighted by atomic mass is 127. The molecule has 0 aliphatic heterocycles. The average Bonchev–Trinajstić information content (AvgIpc) is 3.36. The fourth-order valence-corrected chi connectivity index (χ4v) is 3.91. The zero-order chi connectivity index (χ0) is 17.4. The molecule has 1 fully saturated rings. The molecule has 1 aliphatic carbocycles. The summed E-state index contributed by atoms with van der Waals surface area (Å²) < 4.78 is 0.864. The predicted octanol–water partition coefficient (Wildman–Crippen LogP) is 5.09. The lowest BCUT2D eigenvalue weighted by atomic mass is 10.0. The Labute approximate surface area is 164 Å². The molecular weight excluding hydrogens is 449 g/mol. The van der Waals surface area contributed by atoms with Crippen LogP contribution in [0.5, 0.6) is 0 Å². The molecule has 1 amide bonds. The van der Waals surface area contributed by atoms with Crippen LogP contribution < -0.4 is 5.32 Å². The summed E-state index contributed by atoms with van der Waals surface area (Å²) in [6.45, 7) is 0. The molecule has 25 heavy (non-hydrogen) atoms. The fraction of sp³-hybridized carbons (Fsp3) is 0.263. The molecule has 1 saturated carbocycles. The van der Waals surface area contributed by atoms with Crippen LogP contribution in [0.15, 0.2) is 42.5 Å². The molecule has 0 radical (unpaired) electrons. The van der Waals surface area contributed by atoms with Crippen molar-refractivity contribution in [3.63, 3.8) is 0 Å². The Kier molecular flexibility index (Phi) is 4.69. The van der Waals surface area contributed by atoms with Crippen molar-refractivity contribution < 1.29 is 4.79 Å². The Bertz CT molecular complexity index is 935. The quantitative estimate of drug-likeness (QED) is 0.516. The highest BCUT2D eigenvalue weighted by Crippen LogP contribution is 2.39. The first kappa shape index (κ1) is 16.8. The van der Waals surface area contributed by atoms with E-state index >= 15 is 0 Å². The van der Waals surface area contributed by atoms with Gasteiger partial charge in [-0.25, -0.2) is 0 Å². The molecule has 0 unspecified atom stereocenters. The summed E-state index contributed by atoms with van der Waals surface area (Å²) >= 11 is 8.54. The molecule has 6 heteroatoms. The normalized spacial score (nSPS) is 15.3. The highest BCUT2D eigenvalue weighted by Gasteiger charge is 2.28. The van der Waals surface area contributed by atoms with Gasteiger partial charge in [0.2, 0.25) is 0 Å². The number of rotatable bonds is 5. The topological polar surface area (TPSA) is 57.8 Å². The second kappa shape index (κ2) is 6.96. The van der Waals surface area contributed by atoms with Crippen LogP contribution in [-0.4, -0.2) is 16.1 Å². The van der Waals surface area contributed by atoms with Gasteiger partial charge in [0.15, 0.2) is 0 Å². The first-order chi connectivity index (χ1) is 12.1. The molecule has 0 bridgehead atoms. The number of hydrogen-bond acceptors (Lipinski definition) is 2. The number of hydrogen-bond donors (Lipinski definition) is 2. The minimum atomic E-state index is -0.0792. The van der Waals surface area contributed by atoms with Gasteiger partial charge in [-0.3, -0.25) is 9.89 Å². The maximum absolute atomic E-state index is 12.8. The van der Waals surface area contributed by atoms with Crippen molar-refractivity contribution in [2.45, 2.75) is 25.3 Å². The number of carbonyl (C=O) groups is 1. The summed E-state index contributed by atoms with van der Waals surface area (Å²) in [6, 6.07) is 13.3. The van der Waals surface area contributed by atoms with Gasteiger partial charge >= 0.3 is 0 Å². The molecule has 2 aromatic carbocycles. The number of H-pyrrole nitrogens is 1. The second-order valence-electron chi connectivity index (χ2n) is 6.50. The minimum absolute atomic E-state index is 0.0622. The summed E-state index contributed by atoms with van der Waals surface area (Å²) in [5.41, 5.74) is 2.56. The minimum Gasteiger partial charge on any atom is -0.345 e. The second-order valence-corrected chi connectivity index (χ2v) is 7.93. The van der Waals surface area contributed by atoms with Gasteiger partial charge < -0.3 is 5.32 Å². The lowest BCUT2D eigenvalue weighted by Crippen LogP contribution is -2.29. The zero-order valence-corrected chi connectivity index (χ0v) is 16.3. The Balaban J connectivity index is 1.60. The Morgan fingerprint density at radius 1 is 1.32 bits per heavy atom. The SMILES string of the molecule is O=C(N[C@H](CC1CC1)c1ccccc1Cl)c1ccc2[nH]nc(I)c2c1. The van der Waals surface area contributed by atoms with Crippen LogP contribution in [0.2, 0.25) is 5.02 Å². The van der Waals surface area contributed by atoms with Crippen LogP contribution >= 0.6 is 34.2 Å². The maximum Gasteiger partial charge on any atom is 0.251 e. The summed E-state index contributed by atoms with van der Waals surface area (Å²) in [5, 5.41) is 12.0. The number of aromatic nitrogens is 2. The Hall–Kier alpha value is -1.60. The Morgan fingerprint density at radius 3 is 2.88 bits per heavy atom. The van der Waals surface area contributed by atoms with Crippen molar-refractivity contribution in [3.8, 4) is 0 Å². The van der Waals surface area contributed by atoms with Gasteiger partial charge in [0.05, 0.1) is 11.6 Å². The van der Waals surface area contributed by atoms with Gasteiger partial charge in [-0.2, -0.15) is 5.10 Å². The molecule has 0 spiro atoms. The third-order valence-corrected chi connectivity index (χ3v) is 5.80. The molecule has 1 atom stereocenters. The number of carbonyl (C=O) groups excluding carboxylic acids is 1. The molecule has 1 aliphatic rings. The van der Waals surface area contributed by atoms with Gasteiger partial charge in [0.1, 0.15) is 3.70 Å². The maximum atomic E-state index is 12.8. The molecule has 128 valence electrons. The van der Waals surface area contributed by atoms with E-state index in [0.717, 1.165) is 26.6 Å². The smallest absolute Gasteiger partial charge is 0.251 e. The van der Waals surface area contributed by atoms with Gasteiger partial charge in [0.25, 0.3) is 5.91 Å². The number of aromatic amines is 1. The third-order valence-electron chi connectivity index (χ3n) is 4.63. The van der Waals surface area contributed by atoms with Crippen LogP contribution in [0.4, 0.5) is 0 Å². The highest BCUT2D eigenvalue weighted by molar-refractivity contribution is 14.1. The van der Waals surface area contributed by atoms with Crippen LogP contribution in [-0.2, 0) is 0 Å². The van der Waals surface area contributed by atoms with Crippen molar-refractivity contribution in [2.75, 3.05) is 0 Å². The van der Waals surface area contributed by atoms with E-state index in [4.69, 9.17) is 11.6 Å². The van der Waals surface area contributed by atoms with Gasteiger partial charge in [0, 0.05) is 16.0 Å². The van der Waals surface area contributed by atoms with Crippen LogP contribution in [0.25, 0.3) is 10.9 Å². The molecule has 4 nitrogen and oxygen atoms in total. The van der Waals surface area contributed by atoms with Gasteiger partial charge in [-0.05, 0) is 64.8 Å². The van der Waals surface area contributed by atoms with E-state index in [1.54, 1.807) is 0 Å². The van der Waals surface area contributed by atoms with Gasteiger partial charge in [-0.15, -0.1) is 0 Å². The van der Waals surface area contributed by atoms with Crippen molar-refractivity contribution in [1.82, 2.24) is 15.5 Å². The number of nitrogens with one attached hydrogen (secondary N) is 2. The zero-order valence-electron chi connectivity index (χ0n) is 13.4. The number of halogens is 2. The largest absolute Gasteiger partial charge is 0.345 e. The third kappa shape index (κ3) is 3.67. The number of benzene rings is 2. The molecule has 4 rings (SSSR count). The molecule has 1 aromatic heterocycles. The summed E-state index contributed by atoms with van der Waals surface area (Å²) in [7, 11) is 0. The van der Waals surface area contributed by atoms with E-state index in [9.17, 15) is 4.79 Å². The van der Waals surface area contributed by atoms with E-state index in [-0.39, 0.29) is 11.9 Å². The number of amides is 1. The molecule has 2 N–H and O–H groups in total. The predicted molar refractivity (Wildman–Crippen MR) is 108 cm³/mol. The fourth-order valence-electron chi connectivity index (χ4n) is 3.07. The van der Waals surface area contributed by atoms with Crippen molar-refractivity contribution in [2.24, 2.45) is 5.92 Å². The van der Waals surface area contributed by atoms with E-state index in [2.05, 4.69) is 38.1 Å². The first-order valence-electron chi connectivity index (χ1n) is 8.31. The number of nitrogens with zero attached hydrogens (tertiary/aromatic N) is 1. The molecule has 1 heterocycles. The van der Waals surface area contributed by atoms with Crippen LogP contribution in [0.1, 0.15) is 41.2 Å². The Morgan fingerprint density at radius 2 is 2.12 bits per heavy atom. The van der Waals surface area contributed by atoms with Crippen molar-refractivity contribution in [3.05, 3.63) is 62.3 Å². The van der Waals surface area contributed by atoms with E-state index in [1.807, 2.05) is 42.5 Å². The summed E-state index contributed by atoms with van der Waals surface area (Å²) in [6.07, 6.45) is 3.40. The van der Waals surface area contributed by atoms with Crippen molar-refractivity contribution >= 4 is 51.0 Å². The lowest BCUT2D eigenvalue weighted by molar-refractivity contribution is 0.0933. The van der Waals surface area contributed by atoms with E-state index in [1.165, 1.54) is 12.8 Å². The van der Waals surface area contributed by atoms with Crippen molar-refractivity contribution in [1.29, 1.82) is 0 Å². The van der Waals surface area contributed by atoms with Crippen LogP contribution in [0.3, 0.4) is 0 Å². The lowest BCUT2D eigenvalue weighted by Gasteiger charge is -2.20. The first-order valence-corrected chi connectivity index (χ1v) is 9.76. The molecule has 0 saturated heterocycles. The van der Waals surface area contributed by atoms with Gasteiger partial charge in [-0.1, -0.05) is 42.6 Å². The number of fused-ring (bicyclic) bond motifs is 1. The monoisotopic (exact) mass is 465 g/mol. The summed E-state index contributed by atoms with van der Waals surface area (Å²) in [5.74, 6) is 0.600. The van der Waals surface area contributed by atoms with E-state index in [0.29, 0.717) is 16.5 Å². The average molecular weight is 466 g/mol. The van der Waals surface area contributed by atoms with E-state index < -0.39 is 0 Å². The standard InChI is InChI=1S/C19H17ClIN3O/c20-15-4-2-1-3-13(15)17(9-11-5-6-11)22-19(25)12-7-8-16-14(10-12)18(21)24-23-16/h1-4,7-8,10-11,17H,5-6,9H2,(H,22,25)(H,23,24)/t17-/m1/s1. The molecule has 3 aromatic rings. The summed E-state index contributed by atoms with van der Waals surface area (Å²) in [4.78, 5) is 12.8.